The monoisotopic (exact) mass is 647 g/mol. The normalized spacial score (nSPS) is 14.5. The molecule has 3 heterocycles. The summed E-state index contributed by atoms with van der Waals surface area (Å²) in [5.41, 5.74) is 8.65. The van der Waals surface area contributed by atoms with Crippen LogP contribution in [-0.2, 0) is 0 Å². The summed E-state index contributed by atoms with van der Waals surface area (Å²) in [6.07, 6.45) is 0. The molecule has 0 N–H and O–H groups in total. The molecule has 0 saturated heterocycles. The van der Waals surface area contributed by atoms with E-state index in [0.29, 0.717) is 0 Å². The number of para-hydroxylation sites is 2. The maximum absolute atomic E-state index is 6.88. The molecule has 2 nitrogen and oxygen atoms in total. The standard InChI is InChI=1S/C43H30BNOSSi/c1-29-24-25-33-37(26-29)46-38-27-30(28-40-43(38)44(33)34-18-8-11-21-39(34)47-40)45-35-19-9-12-22-41(35)48(31-14-4-2-5-15-31,32-16-6-3-7-17-32)42-23-13-10-20-36(42)45/h2-28H,1H3. The van der Waals surface area contributed by atoms with Crippen LogP contribution in [0.3, 0.4) is 0 Å². The summed E-state index contributed by atoms with van der Waals surface area (Å²) in [5.74, 6) is 1.90. The smallest absolute Gasteiger partial charge is 0.253 e. The van der Waals surface area contributed by atoms with E-state index >= 15 is 0 Å². The van der Waals surface area contributed by atoms with Gasteiger partial charge < -0.3 is 9.64 Å². The first-order chi connectivity index (χ1) is 23.7. The average Bonchev–Trinajstić information content (AvgIpc) is 3.14. The molecule has 3 aliphatic heterocycles. The molecule has 0 aliphatic carbocycles. The van der Waals surface area contributed by atoms with Crippen molar-refractivity contribution in [1.29, 1.82) is 0 Å². The first-order valence-electron chi connectivity index (χ1n) is 16.5. The van der Waals surface area contributed by atoms with E-state index in [4.69, 9.17) is 4.74 Å². The van der Waals surface area contributed by atoms with Gasteiger partial charge in [0.25, 0.3) is 6.71 Å². The predicted octanol–water partition coefficient (Wildman–Crippen LogP) is 6.24. The van der Waals surface area contributed by atoms with E-state index in [0.717, 1.165) is 17.2 Å². The van der Waals surface area contributed by atoms with Gasteiger partial charge in [-0.2, -0.15) is 0 Å². The Labute approximate surface area is 286 Å². The molecule has 7 aromatic carbocycles. The van der Waals surface area contributed by atoms with Gasteiger partial charge in [-0.1, -0.05) is 145 Å². The van der Waals surface area contributed by atoms with Gasteiger partial charge in [0.15, 0.2) is 8.07 Å². The Kier molecular flexibility index (Phi) is 6.17. The predicted molar refractivity (Wildman–Crippen MR) is 205 cm³/mol. The number of benzene rings is 7. The number of nitrogens with zero attached hydrogens (tertiary/aromatic N) is 1. The summed E-state index contributed by atoms with van der Waals surface area (Å²) in [4.78, 5) is 5.06. The van der Waals surface area contributed by atoms with E-state index in [9.17, 15) is 0 Å². The van der Waals surface area contributed by atoms with Crippen molar-refractivity contribution in [2.75, 3.05) is 4.90 Å². The molecule has 0 radical (unpaired) electrons. The lowest BCUT2D eigenvalue weighted by atomic mass is 9.35. The first kappa shape index (κ1) is 27.8. The number of fused-ring (bicyclic) bond motifs is 6. The average molecular weight is 648 g/mol. The Balaban J connectivity index is 1.25. The first-order valence-corrected chi connectivity index (χ1v) is 19.4. The highest BCUT2D eigenvalue weighted by molar-refractivity contribution is 8.00. The summed E-state index contributed by atoms with van der Waals surface area (Å²) in [5, 5.41) is 5.57. The molecule has 0 amide bonds. The highest BCUT2D eigenvalue weighted by atomic mass is 32.2. The third kappa shape index (κ3) is 3.89. The molecule has 48 heavy (non-hydrogen) atoms. The van der Waals surface area contributed by atoms with Crippen molar-refractivity contribution in [2.45, 2.75) is 16.7 Å². The third-order valence-corrected chi connectivity index (χ3v) is 16.3. The Morgan fingerprint density at radius 2 is 1.15 bits per heavy atom. The summed E-state index contributed by atoms with van der Waals surface area (Å²) < 4.78 is 6.88. The van der Waals surface area contributed by atoms with Crippen LogP contribution in [0.5, 0.6) is 11.5 Å². The fraction of sp³-hybridized carbons (Fsp3) is 0.0233. The van der Waals surface area contributed by atoms with Crippen LogP contribution in [0.15, 0.2) is 174 Å². The Morgan fingerprint density at radius 3 is 1.83 bits per heavy atom. The number of ether oxygens (including phenoxy) is 1. The van der Waals surface area contributed by atoms with E-state index in [1.165, 1.54) is 63.9 Å². The minimum absolute atomic E-state index is 0.142. The Hall–Kier alpha value is -5.23. The van der Waals surface area contributed by atoms with Crippen LogP contribution in [0.2, 0.25) is 0 Å². The maximum atomic E-state index is 6.88. The second-order valence-corrected chi connectivity index (χ2v) is 17.7. The maximum Gasteiger partial charge on any atom is 0.253 e. The van der Waals surface area contributed by atoms with Gasteiger partial charge in [-0.3, -0.25) is 0 Å². The van der Waals surface area contributed by atoms with Crippen molar-refractivity contribution in [3.63, 3.8) is 0 Å². The zero-order chi connectivity index (χ0) is 31.8. The van der Waals surface area contributed by atoms with Crippen molar-refractivity contribution in [3.8, 4) is 11.5 Å². The van der Waals surface area contributed by atoms with Gasteiger partial charge in [-0.05, 0) is 74.5 Å². The minimum Gasteiger partial charge on any atom is -0.458 e. The zero-order valence-electron chi connectivity index (χ0n) is 26.4. The van der Waals surface area contributed by atoms with Crippen molar-refractivity contribution < 1.29 is 4.74 Å². The fourth-order valence-electron chi connectivity index (χ4n) is 8.36. The van der Waals surface area contributed by atoms with Crippen LogP contribution >= 0.6 is 11.8 Å². The summed E-state index contributed by atoms with van der Waals surface area (Å²) in [7, 11) is -2.68. The molecule has 0 bridgehead atoms. The van der Waals surface area contributed by atoms with Crippen molar-refractivity contribution in [1.82, 2.24) is 0 Å². The quantitative estimate of drug-likeness (QED) is 0.211. The summed E-state index contributed by atoms with van der Waals surface area (Å²) in [6.45, 7) is 2.28. The van der Waals surface area contributed by atoms with Gasteiger partial charge >= 0.3 is 0 Å². The van der Waals surface area contributed by atoms with Gasteiger partial charge in [0.2, 0.25) is 0 Å². The molecule has 0 aromatic heterocycles. The Bertz CT molecular complexity index is 2310. The van der Waals surface area contributed by atoms with Crippen LogP contribution in [0.25, 0.3) is 0 Å². The number of rotatable bonds is 3. The largest absolute Gasteiger partial charge is 0.458 e. The second kappa shape index (κ2) is 10.6. The number of anilines is 3. The molecule has 10 rings (SSSR count). The van der Waals surface area contributed by atoms with E-state index in [2.05, 4.69) is 176 Å². The van der Waals surface area contributed by atoms with Crippen LogP contribution in [0.4, 0.5) is 17.1 Å². The van der Waals surface area contributed by atoms with Crippen molar-refractivity contribution >= 4 is 80.7 Å². The topological polar surface area (TPSA) is 12.5 Å². The molecule has 0 saturated carbocycles. The van der Waals surface area contributed by atoms with Gasteiger partial charge in [0.1, 0.15) is 11.5 Å². The molecule has 226 valence electrons. The number of hydrogen-bond donors (Lipinski definition) is 0. The van der Waals surface area contributed by atoms with E-state index in [1.54, 1.807) is 0 Å². The molecule has 5 heteroatoms. The lowest BCUT2D eigenvalue weighted by Crippen LogP contribution is -2.77. The van der Waals surface area contributed by atoms with Gasteiger partial charge in [-0.25, -0.2) is 0 Å². The van der Waals surface area contributed by atoms with Crippen LogP contribution in [-0.4, -0.2) is 14.8 Å². The number of aryl methyl sites for hydroxylation is 1. The molecule has 0 fully saturated rings. The highest BCUT2D eigenvalue weighted by Gasteiger charge is 2.49. The summed E-state index contributed by atoms with van der Waals surface area (Å²) >= 11 is 1.86. The summed E-state index contributed by atoms with van der Waals surface area (Å²) in [6, 6.07) is 60.8. The molecule has 7 aromatic rings. The Morgan fingerprint density at radius 1 is 0.542 bits per heavy atom. The van der Waals surface area contributed by atoms with Crippen molar-refractivity contribution in [2.24, 2.45) is 0 Å². The molecule has 0 spiro atoms. The SMILES string of the molecule is Cc1ccc2c(c1)Oc1cc(N3c4ccccc4[Si](c4ccccc4)(c4ccccc4)c4ccccc43)cc3c1B2c1ccccc1S3. The lowest BCUT2D eigenvalue weighted by Gasteiger charge is -2.45. The van der Waals surface area contributed by atoms with E-state index < -0.39 is 8.07 Å². The number of hydrogen-bond acceptors (Lipinski definition) is 3. The third-order valence-electron chi connectivity index (χ3n) is 10.3. The molecular formula is C43H30BNOSSi. The molecular weight excluding hydrogens is 617 g/mol. The van der Waals surface area contributed by atoms with Crippen LogP contribution in [0.1, 0.15) is 5.56 Å². The van der Waals surface area contributed by atoms with Gasteiger partial charge in [-0.15, -0.1) is 0 Å². The second-order valence-electron chi connectivity index (χ2n) is 12.9. The molecule has 0 atom stereocenters. The molecule has 3 aliphatic rings. The van der Waals surface area contributed by atoms with Crippen molar-refractivity contribution in [3.05, 3.63) is 169 Å². The van der Waals surface area contributed by atoms with Gasteiger partial charge in [0.05, 0.1) is 5.69 Å². The molecule has 0 unspecified atom stereocenters. The van der Waals surface area contributed by atoms with E-state index in [-0.39, 0.29) is 6.71 Å². The van der Waals surface area contributed by atoms with Crippen LogP contribution in [0, 0.1) is 6.92 Å². The van der Waals surface area contributed by atoms with Crippen LogP contribution < -0.4 is 46.8 Å². The zero-order valence-corrected chi connectivity index (χ0v) is 28.2. The lowest BCUT2D eigenvalue weighted by molar-refractivity contribution is 0.486. The van der Waals surface area contributed by atoms with Gasteiger partial charge in [0, 0.05) is 27.2 Å². The highest BCUT2D eigenvalue weighted by Crippen LogP contribution is 2.44. The minimum atomic E-state index is -2.68. The fourth-order valence-corrected chi connectivity index (χ4v) is 14.7. The van der Waals surface area contributed by atoms with E-state index in [1.807, 2.05) is 11.8 Å².